The number of likely N-dealkylation sites (N-methyl/N-ethyl adjacent to an activating group) is 1. The number of rotatable bonds is 3. The topological polar surface area (TPSA) is 38.1 Å². The van der Waals surface area contributed by atoms with Gasteiger partial charge in [-0.2, -0.15) is 0 Å². The Morgan fingerprint density at radius 1 is 1.32 bits per heavy atom. The molecule has 0 spiro atoms. The highest BCUT2D eigenvalue weighted by molar-refractivity contribution is 5.72. The van der Waals surface area contributed by atoms with Gasteiger partial charge in [-0.3, -0.25) is 0 Å². The van der Waals surface area contributed by atoms with E-state index in [1.807, 2.05) is 7.05 Å². The fraction of sp³-hybridized carbons (Fsp3) is 0.533. The first kappa shape index (κ1) is 12.6. The van der Waals surface area contributed by atoms with Crippen LogP contribution >= 0.6 is 0 Å². The third-order valence-electron chi connectivity index (χ3n) is 4.23. The summed E-state index contributed by atoms with van der Waals surface area (Å²) < 4.78 is 18.8. The second kappa shape index (κ2) is 4.93. The summed E-state index contributed by atoms with van der Waals surface area (Å²) in [7, 11) is 2.01. The van der Waals surface area contributed by atoms with E-state index in [1.54, 1.807) is 6.07 Å². The van der Waals surface area contributed by atoms with E-state index in [0.717, 1.165) is 24.8 Å². The molecule has 1 aliphatic carbocycles. The minimum atomic E-state index is -0.281. The van der Waals surface area contributed by atoms with Crippen molar-refractivity contribution in [3.8, 4) is 0 Å². The average molecular weight is 262 g/mol. The summed E-state index contributed by atoms with van der Waals surface area (Å²) in [4.78, 5) is 4.47. The predicted octanol–water partition coefficient (Wildman–Crippen LogP) is 3.43. The van der Waals surface area contributed by atoms with Crippen molar-refractivity contribution in [2.45, 2.75) is 44.1 Å². The number of oxazole rings is 1. The van der Waals surface area contributed by atoms with Crippen molar-refractivity contribution in [2.75, 3.05) is 7.05 Å². The lowest BCUT2D eigenvalue weighted by Crippen LogP contribution is -2.46. The van der Waals surface area contributed by atoms with Crippen molar-refractivity contribution >= 4 is 11.1 Å². The van der Waals surface area contributed by atoms with Crippen LogP contribution in [-0.4, -0.2) is 17.6 Å². The van der Waals surface area contributed by atoms with Crippen LogP contribution in [0, 0.1) is 5.82 Å². The fourth-order valence-electron chi connectivity index (χ4n) is 3.05. The molecule has 102 valence electrons. The van der Waals surface area contributed by atoms with Crippen molar-refractivity contribution in [2.24, 2.45) is 0 Å². The number of nitrogens with zero attached hydrogens (tertiary/aromatic N) is 1. The van der Waals surface area contributed by atoms with Gasteiger partial charge >= 0.3 is 0 Å². The zero-order valence-corrected chi connectivity index (χ0v) is 11.2. The number of halogens is 1. The van der Waals surface area contributed by atoms with Crippen LogP contribution in [0.4, 0.5) is 4.39 Å². The maximum absolute atomic E-state index is 13.1. The summed E-state index contributed by atoms with van der Waals surface area (Å²) in [6.07, 6.45) is 6.88. The Morgan fingerprint density at radius 3 is 2.84 bits per heavy atom. The van der Waals surface area contributed by atoms with Gasteiger partial charge in [0.05, 0.1) is 0 Å². The summed E-state index contributed by atoms with van der Waals surface area (Å²) >= 11 is 0. The lowest BCUT2D eigenvalue weighted by molar-refractivity contribution is 0.230. The van der Waals surface area contributed by atoms with Gasteiger partial charge in [0.15, 0.2) is 11.5 Å². The monoisotopic (exact) mass is 262 g/mol. The molecule has 1 aromatic heterocycles. The molecule has 1 aliphatic rings. The Labute approximate surface area is 112 Å². The van der Waals surface area contributed by atoms with Gasteiger partial charge in [0, 0.05) is 18.0 Å². The summed E-state index contributed by atoms with van der Waals surface area (Å²) in [5.74, 6) is 0.424. The maximum atomic E-state index is 13.1. The van der Waals surface area contributed by atoms with Crippen molar-refractivity contribution < 1.29 is 8.81 Å². The molecule has 4 heteroatoms. The van der Waals surface area contributed by atoms with Crippen molar-refractivity contribution in [1.82, 2.24) is 10.3 Å². The predicted molar refractivity (Wildman–Crippen MR) is 72.5 cm³/mol. The lowest BCUT2D eigenvalue weighted by atomic mass is 9.79. The van der Waals surface area contributed by atoms with Crippen LogP contribution in [0.1, 0.15) is 38.0 Å². The standard InChI is InChI=1S/C15H19FN2O/c1-17-15(7-3-2-4-8-15)10-14-18-12-6-5-11(16)9-13(12)19-14/h5-6,9,17H,2-4,7-8,10H2,1H3. The highest BCUT2D eigenvalue weighted by Crippen LogP contribution is 2.31. The molecule has 0 unspecified atom stereocenters. The highest BCUT2D eigenvalue weighted by Gasteiger charge is 2.32. The third-order valence-corrected chi connectivity index (χ3v) is 4.23. The van der Waals surface area contributed by atoms with Crippen LogP contribution in [-0.2, 0) is 6.42 Å². The number of benzene rings is 1. The fourth-order valence-corrected chi connectivity index (χ4v) is 3.05. The molecular weight excluding hydrogens is 243 g/mol. The number of nitrogens with one attached hydrogen (secondary N) is 1. The molecule has 2 aromatic rings. The summed E-state index contributed by atoms with van der Waals surface area (Å²) in [6, 6.07) is 4.49. The van der Waals surface area contributed by atoms with Crippen molar-refractivity contribution in [3.63, 3.8) is 0 Å². The number of aromatic nitrogens is 1. The summed E-state index contributed by atoms with van der Waals surface area (Å²) in [6.45, 7) is 0. The van der Waals surface area contributed by atoms with Gasteiger partial charge in [-0.15, -0.1) is 0 Å². The van der Waals surface area contributed by atoms with Crippen LogP contribution in [0.25, 0.3) is 11.1 Å². The van der Waals surface area contributed by atoms with E-state index in [4.69, 9.17) is 4.42 Å². The molecule has 0 atom stereocenters. The molecule has 0 saturated heterocycles. The summed E-state index contributed by atoms with van der Waals surface area (Å²) in [5.41, 5.74) is 1.37. The first-order valence-corrected chi connectivity index (χ1v) is 6.95. The zero-order chi connectivity index (χ0) is 13.3. The second-order valence-electron chi connectivity index (χ2n) is 5.49. The quantitative estimate of drug-likeness (QED) is 0.921. The largest absolute Gasteiger partial charge is 0.441 e. The molecule has 1 N–H and O–H groups in total. The lowest BCUT2D eigenvalue weighted by Gasteiger charge is -2.36. The number of hydrogen-bond acceptors (Lipinski definition) is 3. The molecule has 0 aliphatic heterocycles. The van der Waals surface area contributed by atoms with Crippen LogP contribution in [0.2, 0.25) is 0 Å². The van der Waals surface area contributed by atoms with E-state index in [2.05, 4.69) is 10.3 Å². The Morgan fingerprint density at radius 2 is 2.11 bits per heavy atom. The molecule has 1 aromatic carbocycles. The van der Waals surface area contributed by atoms with Gasteiger partial charge in [0.25, 0.3) is 0 Å². The van der Waals surface area contributed by atoms with E-state index < -0.39 is 0 Å². The second-order valence-corrected chi connectivity index (χ2v) is 5.49. The molecule has 3 rings (SSSR count). The normalized spacial score (nSPS) is 18.8. The van der Waals surface area contributed by atoms with Gasteiger partial charge < -0.3 is 9.73 Å². The molecular formula is C15H19FN2O. The first-order chi connectivity index (χ1) is 9.21. The third kappa shape index (κ3) is 2.50. The van der Waals surface area contributed by atoms with Crippen molar-refractivity contribution in [1.29, 1.82) is 0 Å². The van der Waals surface area contributed by atoms with Gasteiger partial charge in [-0.25, -0.2) is 9.37 Å². The molecule has 1 saturated carbocycles. The van der Waals surface area contributed by atoms with Crippen LogP contribution < -0.4 is 5.32 Å². The average Bonchev–Trinajstić information content (AvgIpc) is 2.81. The minimum absolute atomic E-state index is 0.0949. The van der Waals surface area contributed by atoms with Gasteiger partial charge in [-0.1, -0.05) is 19.3 Å². The van der Waals surface area contributed by atoms with Crippen LogP contribution in [0.3, 0.4) is 0 Å². The number of hydrogen-bond donors (Lipinski definition) is 1. The minimum Gasteiger partial charge on any atom is -0.441 e. The summed E-state index contributed by atoms with van der Waals surface area (Å²) in [5, 5.41) is 3.45. The smallest absolute Gasteiger partial charge is 0.197 e. The number of fused-ring (bicyclic) bond motifs is 1. The van der Waals surface area contributed by atoms with E-state index in [1.165, 1.54) is 31.4 Å². The van der Waals surface area contributed by atoms with Gasteiger partial charge in [0.1, 0.15) is 11.3 Å². The molecule has 0 bridgehead atoms. The van der Waals surface area contributed by atoms with Crippen LogP contribution in [0.5, 0.6) is 0 Å². The van der Waals surface area contributed by atoms with E-state index in [9.17, 15) is 4.39 Å². The Bertz CT molecular complexity index is 573. The Kier molecular flexibility index (Phi) is 3.27. The molecule has 1 fully saturated rings. The van der Waals surface area contributed by atoms with E-state index >= 15 is 0 Å². The molecule has 0 radical (unpaired) electrons. The first-order valence-electron chi connectivity index (χ1n) is 6.95. The molecule has 19 heavy (non-hydrogen) atoms. The maximum Gasteiger partial charge on any atom is 0.197 e. The van der Waals surface area contributed by atoms with Crippen molar-refractivity contribution in [3.05, 3.63) is 29.9 Å². The van der Waals surface area contributed by atoms with Crippen LogP contribution in [0.15, 0.2) is 22.6 Å². The van der Waals surface area contributed by atoms with E-state index in [0.29, 0.717) is 11.5 Å². The zero-order valence-electron chi connectivity index (χ0n) is 11.2. The molecule has 3 nitrogen and oxygen atoms in total. The highest BCUT2D eigenvalue weighted by atomic mass is 19.1. The Hall–Kier alpha value is -1.42. The van der Waals surface area contributed by atoms with Gasteiger partial charge in [0.2, 0.25) is 0 Å². The van der Waals surface area contributed by atoms with E-state index in [-0.39, 0.29) is 11.4 Å². The van der Waals surface area contributed by atoms with Gasteiger partial charge in [-0.05, 0) is 32.0 Å². The SMILES string of the molecule is CNC1(Cc2nc3ccc(F)cc3o2)CCCCC1. The Balaban J connectivity index is 1.87. The molecule has 0 amide bonds. The molecule has 1 heterocycles.